The van der Waals surface area contributed by atoms with Crippen LogP contribution >= 0.6 is 35.6 Å². The van der Waals surface area contributed by atoms with E-state index in [0.29, 0.717) is 43.8 Å². The van der Waals surface area contributed by atoms with E-state index in [0.717, 1.165) is 11.1 Å². The lowest BCUT2D eigenvalue weighted by Crippen LogP contribution is -2.27. The van der Waals surface area contributed by atoms with Gasteiger partial charge in [-0.3, -0.25) is 9.69 Å². The fourth-order valence-electron chi connectivity index (χ4n) is 3.34. The van der Waals surface area contributed by atoms with E-state index in [-0.39, 0.29) is 12.7 Å². The molecule has 8 heteroatoms. The quantitative estimate of drug-likeness (QED) is 0.326. The van der Waals surface area contributed by atoms with Crippen molar-refractivity contribution in [1.82, 2.24) is 0 Å². The summed E-state index contributed by atoms with van der Waals surface area (Å²) >= 11 is 12.9. The minimum absolute atomic E-state index is 0.173. The van der Waals surface area contributed by atoms with Gasteiger partial charge in [-0.15, -0.1) is 0 Å². The number of ether oxygens (including phenoxy) is 3. The highest BCUT2D eigenvalue weighted by atomic mass is 35.5. The maximum atomic E-state index is 13.1. The molecule has 1 fully saturated rings. The largest absolute Gasteiger partial charge is 0.489 e. The Kier molecular flexibility index (Phi) is 5.78. The number of thioether (sulfide) groups is 1. The zero-order chi connectivity index (χ0) is 22.1. The number of amides is 1. The van der Waals surface area contributed by atoms with Crippen molar-refractivity contribution in [3.05, 3.63) is 87.8 Å². The number of fused-ring (bicyclic) bond motifs is 1. The van der Waals surface area contributed by atoms with Crippen LogP contribution in [0.1, 0.15) is 11.1 Å². The lowest BCUT2D eigenvalue weighted by molar-refractivity contribution is -0.113. The van der Waals surface area contributed by atoms with E-state index in [1.807, 2.05) is 54.6 Å². The molecule has 0 N–H and O–H groups in total. The number of hydrogen-bond donors (Lipinski definition) is 0. The second-order valence-electron chi connectivity index (χ2n) is 7.01. The average Bonchev–Trinajstić information content (AvgIpc) is 3.37. The molecule has 1 saturated heterocycles. The Hall–Kier alpha value is -3.00. The van der Waals surface area contributed by atoms with Gasteiger partial charge in [0, 0.05) is 16.7 Å². The minimum atomic E-state index is -0.179. The molecule has 5 nitrogen and oxygen atoms in total. The molecule has 160 valence electrons. The number of carbonyl (C=O) groups excluding carboxylic acids is 1. The Morgan fingerprint density at radius 2 is 1.91 bits per heavy atom. The third-order valence-electron chi connectivity index (χ3n) is 4.92. The van der Waals surface area contributed by atoms with Crippen molar-refractivity contribution >= 4 is 57.6 Å². The van der Waals surface area contributed by atoms with Crippen LogP contribution in [0.2, 0.25) is 5.02 Å². The van der Waals surface area contributed by atoms with Gasteiger partial charge in [0.1, 0.15) is 12.4 Å². The summed E-state index contributed by atoms with van der Waals surface area (Å²) in [7, 11) is 0. The van der Waals surface area contributed by atoms with Gasteiger partial charge in [0.2, 0.25) is 6.79 Å². The highest BCUT2D eigenvalue weighted by molar-refractivity contribution is 8.27. The summed E-state index contributed by atoms with van der Waals surface area (Å²) in [5.41, 5.74) is 2.40. The van der Waals surface area contributed by atoms with Crippen LogP contribution in [0.3, 0.4) is 0 Å². The Balaban J connectivity index is 1.34. The van der Waals surface area contributed by atoms with Gasteiger partial charge in [0.05, 0.1) is 10.6 Å². The molecule has 2 heterocycles. The number of carbonyl (C=O) groups is 1. The first-order valence-corrected chi connectivity index (χ1v) is 11.3. The summed E-state index contributed by atoms with van der Waals surface area (Å²) < 4.78 is 17.1. The molecule has 2 aliphatic heterocycles. The topological polar surface area (TPSA) is 48.0 Å². The fraction of sp³-hybridized carbons (Fsp3) is 0.0833. The zero-order valence-corrected chi connectivity index (χ0v) is 19.0. The van der Waals surface area contributed by atoms with Gasteiger partial charge in [0.15, 0.2) is 15.8 Å². The molecule has 0 spiro atoms. The molecule has 0 aliphatic carbocycles. The van der Waals surface area contributed by atoms with Crippen LogP contribution in [0.4, 0.5) is 5.69 Å². The number of halogens is 1. The van der Waals surface area contributed by atoms with Crippen LogP contribution < -0.4 is 19.1 Å². The molecule has 0 saturated carbocycles. The predicted octanol–water partition coefficient (Wildman–Crippen LogP) is 6.05. The predicted molar refractivity (Wildman–Crippen MR) is 130 cm³/mol. The van der Waals surface area contributed by atoms with E-state index in [1.54, 1.807) is 18.2 Å². The highest BCUT2D eigenvalue weighted by Gasteiger charge is 2.34. The number of nitrogens with zero attached hydrogens (tertiary/aromatic N) is 1. The van der Waals surface area contributed by atoms with E-state index in [9.17, 15) is 4.79 Å². The lowest BCUT2D eigenvalue weighted by atomic mass is 10.2. The van der Waals surface area contributed by atoms with Crippen LogP contribution in [0.25, 0.3) is 6.08 Å². The second kappa shape index (κ2) is 8.86. The minimum Gasteiger partial charge on any atom is -0.489 e. The Labute approximate surface area is 199 Å². The number of hydrogen-bond acceptors (Lipinski definition) is 6. The maximum Gasteiger partial charge on any atom is 0.270 e. The molecule has 2 aliphatic rings. The van der Waals surface area contributed by atoms with Gasteiger partial charge in [-0.25, -0.2) is 0 Å². The van der Waals surface area contributed by atoms with E-state index in [2.05, 4.69) is 0 Å². The van der Waals surface area contributed by atoms with Gasteiger partial charge in [-0.2, -0.15) is 0 Å². The molecule has 3 aromatic rings. The Bertz CT molecular complexity index is 1260. The van der Waals surface area contributed by atoms with Gasteiger partial charge in [-0.1, -0.05) is 65.9 Å². The van der Waals surface area contributed by atoms with Crippen molar-refractivity contribution in [2.75, 3.05) is 11.7 Å². The molecule has 0 atom stereocenters. The van der Waals surface area contributed by atoms with Crippen LogP contribution in [0.15, 0.2) is 71.6 Å². The Morgan fingerprint density at radius 3 is 2.78 bits per heavy atom. The van der Waals surface area contributed by atoms with Crippen molar-refractivity contribution < 1.29 is 19.0 Å². The van der Waals surface area contributed by atoms with Crippen molar-refractivity contribution in [3.8, 4) is 17.2 Å². The summed E-state index contributed by atoms with van der Waals surface area (Å²) in [5, 5.41) is 0.663. The summed E-state index contributed by atoms with van der Waals surface area (Å²) in [6, 6.07) is 20.4. The normalized spacial score (nSPS) is 16.2. The molecule has 3 aromatic carbocycles. The summed E-state index contributed by atoms with van der Waals surface area (Å²) in [6.07, 6.45) is 1.81. The van der Waals surface area contributed by atoms with Gasteiger partial charge < -0.3 is 14.2 Å². The standard InChI is InChI=1S/C24H16ClNO4S2/c25-19-7-2-1-5-16(19)13-28-18-6-3-4-15(10-18)11-22-23(27)26(24(31)32-22)17-8-9-20-21(12-17)30-14-29-20/h1-12H,13-14H2/b22-11+. The van der Waals surface area contributed by atoms with Crippen molar-refractivity contribution in [3.63, 3.8) is 0 Å². The number of anilines is 1. The van der Waals surface area contributed by atoms with Crippen LogP contribution in [0.5, 0.6) is 17.2 Å². The first kappa shape index (κ1) is 20.9. The first-order valence-electron chi connectivity index (χ1n) is 9.72. The van der Waals surface area contributed by atoms with E-state index < -0.39 is 0 Å². The smallest absolute Gasteiger partial charge is 0.270 e. The van der Waals surface area contributed by atoms with E-state index in [1.165, 1.54) is 16.7 Å². The van der Waals surface area contributed by atoms with Crippen molar-refractivity contribution in [2.45, 2.75) is 6.61 Å². The summed E-state index contributed by atoms with van der Waals surface area (Å²) in [6.45, 7) is 0.529. The lowest BCUT2D eigenvalue weighted by Gasteiger charge is -2.14. The Morgan fingerprint density at radius 1 is 1.06 bits per heavy atom. The fourth-order valence-corrected chi connectivity index (χ4v) is 4.83. The highest BCUT2D eigenvalue weighted by Crippen LogP contribution is 2.40. The third kappa shape index (κ3) is 4.19. The number of thiocarbonyl (C=S) groups is 1. The molecular weight excluding hydrogens is 466 g/mol. The van der Waals surface area contributed by atoms with Crippen molar-refractivity contribution in [1.29, 1.82) is 0 Å². The third-order valence-corrected chi connectivity index (χ3v) is 6.59. The molecule has 1 amide bonds. The van der Waals surface area contributed by atoms with Crippen molar-refractivity contribution in [2.24, 2.45) is 0 Å². The van der Waals surface area contributed by atoms with E-state index in [4.69, 9.17) is 38.0 Å². The van der Waals surface area contributed by atoms with E-state index >= 15 is 0 Å². The van der Waals surface area contributed by atoms with Gasteiger partial charge in [0.25, 0.3) is 5.91 Å². The second-order valence-corrected chi connectivity index (χ2v) is 9.09. The molecular formula is C24H16ClNO4S2. The average molecular weight is 482 g/mol. The number of benzene rings is 3. The molecule has 0 aromatic heterocycles. The monoisotopic (exact) mass is 481 g/mol. The summed E-state index contributed by atoms with van der Waals surface area (Å²) in [5.74, 6) is 1.76. The van der Waals surface area contributed by atoms with Crippen LogP contribution in [-0.4, -0.2) is 17.0 Å². The maximum absolute atomic E-state index is 13.1. The van der Waals surface area contributed by atoms with Gasteiger partial charge in [-0.05, 0) is 42.0 Å². The summed E-state index contributed by atoms with van der Waals surface area (Å²) in [4.78, 5) is 15.1. The van der Waals surface area contributed by atoms with Gasteiger partial charge >= 0.3 is 0 Å². The SMILES string of the molecule is O=C1/C(=C\c2cccc(OCc3ccccc3Cl)c2)SC(=S)N1c1ccc2c(c1)OCO2. The molecule has 0 radical (unpaired) electrons. The van der Waals surface area contributed by atoms with Crippen LogP contribution in [-0.2, 0) is 11.4 Å². The molecule has 5 rings (SSSR count). The zero-order valence-electron chi connectivity index (χ0n) is 16.6. The number of rotatable bonds is 5. The molecule has 32 heavy (non-hydrogen) atoms. The first-order chi connectivity index (χ1) is 15.6. The molecule has 0 unspecified atom stereocenters. The van der Waals surface area contributed by atoms with Crippen LogP contribution in [0, 0.1) is 0 Å². The molecule has 0 bridgehead atoms.